The van der Waals surface area contributed by atoms with Crippen molar-refractivity contribution in [2.75, 3.05) is 26.2 Å². The molecule has 3 heteroatoms. The number of benzene rings is 1. The Bertz CT molecular complexity index is 264. The summed E-state index contributed by atoms with van der Waals surface area (Å²) < 4.78 is 0. The topological polar surface area (TPSA) is 44.3 Å². The molecule has 0 aliphatic rings. The van der Waals surface area contributed by atoms with Crippen LogP contribution in [0.25, 0.3) is 0 Å². The lowest BCUT2D eigenvalue weighted by Gasteiger charge is -2.05. The zero-order valence-electron chi connectivity index (χ0n) is 10.5. The first kappa shape index (κ1) is 14.2. The zero-order chi connectivity index (χ0) is 12.2. The third kappa shape index (κ3) is 7.91. The van der Waals surface area contributed by atoms with Gasteiger partial charge in [-0.2, -0.15) is 0 Å². The molecule has 0 aliphatic carbocycles. The zero-order valence-corrected chi connectivity index (χ0v) is 10.5. The highest BCUT2D eigenvalue weighted by molar-refractivity contribution is 5.14. The lowest BCUT2D eigenvalue weighted by atomic mass is 10.2. The van der Waals surface area contributed by atoms with Crippen LogP contribution in [-0.4, -0.2) is 31.3 Å². The highest BCUT2D eigenvalue weighted by Crippen LogP contribution is 1.97. The minimum absolute atomic E-state index is 0.283. The molecule has 0 spiro atoms. The van der Waals surface area contributed by atoms with E-state index in [1.54, 1.807) is 0 Å². The molecular weight excluding hydrogens is 212 g/mol. The third-order valence-corrected chi connectivity index (χ3v) is 2.64. The first-order chi connectivity index (χ1) is 8.43. The molecule has 96 valence electrons. The van der Waals surface area contributed by atoms with Gasteiger partial charge in [-0.15, -0.1) is 0 Å². The van der Waals surface area contributed by atoms with Gasteiger partial charge in [0.25, 0.3) is 0 Å². The van der Waals surface area contributed by atoms with Gasteiger partial charge in [0.05, 0.1) is 0 Å². The molecule has 0 amide bonds. The van der Waals surface area contributed by atoms with Crippen molar-refractivity contribution >= 4 is 0 Å². The molecule has 0 fully saturated rings. The van der Waals surface area contributed by atoms with Crippen LogP contribution < -0.4 is 10.6 Å². The van der Waals surface area contributed by atoms with E-state index >= 15 is 0 Å². The van der Waals surface area contributed by atoms with Gasteiger partial charge >= 0.3 is 0 Å². The van der Waals surface area contributed by atoms with Crippen LogP contribution in [0.15, 0.2) is 30.3 Å². The normalized spacial score (nSPS) is 10.6. The van der Waals surface area contributed by atoms with Gasteiger partial charge in [-0.3, -0.25) is 0 Å². The van der Waals surface area contributed by atoms with Gasteiger partial charge in [-0.05, 0) is 44.5 Å². The summed E-state index contributed by atoms with van der Waals surface area (Å²) >= 11 is 0. The summed E-state index contributed by atoms with van der Waals surface area (Å²) in [7, 11) is 0. The van der Waals surface area contributed by atoms with Gasteiger partial charge in [-0.25, -0.2) is 0 Å². The number of aliphatic hydroxyl groups is 1. The molecule has 1 rings (SSSR count). The minimum atomic E-state index is 0.283. The maximum Gasteiger partial charge on any atom is 0.0443 e. The molecule has 17 heavy (non-hydrogen) atoms. The first-order valence-corrected chi connectivity index (χ1v) is 6.49. The van der Waals surface area contributed by atoms with Crippen LogP contribution in [0.1, 0.15) is 24.8 Å². The third-order valence-electron chi connectivity index (χ3n) is 2.64. The molecule has 1 aromatic rings. The van der Waals surface area contributed by atoms with Crippen molar-refractivity contribution in [1.29, 1.82) is 0 Å². The smallest absolute Gasteiger partial charge is 0.0443 e. The summed E-state index contributed by atoms with van der Waals surface area (Å²) in [5, 5.41) is 15.3. The average molecular weight is 236 g/mol. The van der Waals surface area contributed by atoms with Crippen molar-refractivity contribution in [3.8, 4) is 0 Å². The van der Waals surface area contributed by atoms with Crippen molar-refractivity contribution in [1.82, 2.24) is 10.6 Å². The lowest BCUT2D eigenvalue weighted by molar-refractivity contribution is 0.286. The molecule has 0 unspecified atom stereocenters. The molecule has 0 aliphatic heterocycles. The van der Waals surface area contributed by atoms with E-state index in [1.165, 1.54) is 18.4 Å². The summed E-state index contributed by atoms with van der Waals surface area (Å²) in [5.74, 6) is 0. The molecule has 0 atom stereocenters. The molecular formula is C14H24N2O. The van der Waals surface area contributed by atoms with Crippen LogP contribution in [0.3, 0.4) is 0 Å². The fourth-order valence-electron chi connectivity index (χ4n) is 1.66. The predicted octanol–water partition coefficient (Wildman–Crippen LogP) is 1.53. The monoisotopic (exact) mass is 236 g/mol. The van der Waals surface area contributed by atoms with Crippen LogP contribution in [-0.2, 0) is 6.54 Å². The summed E-state index contributed by atoms with van der Waals surface area (Å²) in [6.45, 7) is 4.28. The Balaban J connectivity index is 1.85. The second-order valence-electron chi connectivity index (χ2n) is 4.20. The molecule has 0 aromatic heterocycles. The predicted molar refractivity (Wildman–Crippen MR) is 72.0 cm³/mol. The highest BCUT2D eigenvalue weighted by Gasteiger charge is 1.91. The molecule has 3 N–H and O–H groups in total. The van der Waals surface area contributed by atoms with E-state index in [2.05, 4.69) is 34.9 Å². The van der Waals surface area contributed by atoms with Gasteiger partial charge in [0.15, 0.2) is 0 Å². The molecule has 0 heterocycles. The number of hydrogen-bond acceptors (Lipinski definition) is 3. The SMILES string of the molecule is OCCCNCCCCNCc1ccccc1. The fraction of sp³-hybridized carbons (Fsp3) is 0.571. The summed E-state index contributed by atoms with van der Waals surface area (Å²) in [4.78, 5) is 0. The summed E-state index contributed by atoms with van der Waals surface area (Å²) in [5.41, 5.74) is 1.34. The Kier molecular flexibility index (Phi) is 8.55. The van der Waals surface area contributed by atoms with Crippen LogP contribution >= 0.6 is 0 Å². The van der Waals surface area contributed by atoms with Crippen LogP contribution in [0.2, 0.25) is 0 Å². The highest BCUT2D eigenvalue weighted by atomic mass is 16.3. The van der Waals surface area contributed by atoms with E-state index in [9.17, 15) is 0 Å². The van der Waals surface area contributed by atoms with Gasteiger partial charge in [0.1, 0.15) is 0 Å². The van der Waals surface area contributed by atoms with E-state index in [-0.39, 0.29) is 6.61 Å². The number of nitrogens with one attached hydrogen (secondary N) is 2. The Morgan fingerprint density at radius 3 is 2.18 bits per heavy atom. The van der Waals surface area contributed by atoms with Gasteiger partial charge in [0.2, 0.25) is 0 Å². The van der Waals surface area contributed by atoms with Crippen molar-refractivity contribution in [2.45, 2.75) is 25.8 Å². The van der Waals surface area contributed by atoms with Crippen molar-refractivity contribution < 1.29 is 5.11 Å². The van der Waals surface area contributed by atoms with Crippen LogP contribution in [0, 0.1) is 0 Å². The maximum absolute atomic E-state index is 8.60. The van der Waals surface area contributed by atoms with Gasteiger partial charge in [0, 0.05) is 13.2 Å². The Labute approximate surface area is 104 Å². The molecule has 1 aromatic carbocycles. The maximum atomic E-state index is 8.60. The summed E-state index contributed by atoms with van der Waals surface area (Å²) in [6.07, 6.45) is 3.23. The van der Waals surface area contributed by atoms with Gasteiger partial charge in [-0.1, -0.05) is 30.3 Å². The van der Waals surface area contributed by atoms with Crippen molar-refractivity contribution in [2.24, 2.45) is 0 Å². The standard InChI is InChI=1S/C14H24N2O/c17-12-6-11-15-9-4-5-10-16-13-14-7-2-1-3-8-14/h1-3,7-8,15-17H,4-6,9-13H2. The van der Waals surface area contributed by atoms with E-state index in [0.29, 0.717) is 0 Å². The van der Waals surface area contributed by atoms with Crippen LogP contribution in [0.4, 0.5) is 0 Å². The molecule has 0 saturated heterocycles. The van der Waals surface area contributed by atoms with Crippen molar-refractivity contribution in [3.63, 3.8) is 0 Å². The molecule has 0 saturated carbocycles. The molecule has 3 nitrogen and oxygen atoms in total. The van der Waals surface area contributed by atoms with Crippen molar-refractivity contribution in [3.05, 3.63) is 35.9 Å². The van der Waals surface area contributed by atoms with E-state index in [0.717, 1.165) is 32.6 Å². The van der Waals surface area contributed by atoms with Crippen LogP contribution in [0.5, 0.6) is 0 Å². The Hall–Kier alpha value is -0.900. The molecule has 0 radical (unpaired) electrons. The summed E-state index contributed by atoms with van der Waals surface area (Å²) in [6, 6.07) is 10.5. The van der Waals surface area contributed by atoms with Gasteiger partial charge < -0.3 is 15.7 Å². The number of aliphatic hydroxyl groups excluding tert-OH is 1. The first-order valence-electron chi connectivity index (χ1n) is 6.49. The van der Waals surface area contributed by atoms with E-state index in [1.807, 2.05) is 6.07 Å². The second kappa shape index (κ2) is 10.3. The minimum Gasteiger partial charge on any atom is -0.396 e. The number of unbranched alkanes of at least 4 members (excludes halogenated alkanes) is 1. The van der Waals surface area contributed by atoms with E-state index in [4.69, 9.17) is 5.11 Å². The second-order valence-corrected chi connectivity index (χ2v) is 4.20. The Morgan fingerprint density at radius 1 is 0.824 bits per heavy atom. The average Bonchev–Trinajstić information content (AvgIpc) is 2.38. The molecule has 0 bridgehead atoms. The number of hydrogen-bond donors (Lipinski definition) is 3. The fourth-order valence-corrected chi connectivity index (χ4v) is 1.66. The largest absolute Gasteiger partial charge is 0.396 e. The lowest BCUT2D eigenvalue weighted by Crippen LogP contribution is -2.20. The Morgan fingerprint density at radius 2 is 1.47 bits per heavy atom. The number of rotatable bonds is 10. The quantitative estimate of drug-likeness (QED) is 0.540. The van der Waals surface area contributed by atoms with E-state index < -0.39 is 0 Å².